The number of ketones is 2. The average Bonchev–Trinajstić information content (AvgIpc) is 2.30. The highest BCUT2D eigenvalue weighted by atomic mass is 79.9. The Hall–Kier alpha value is -1.11. The molecule has 0 aliphatic rings. The summed E-state index contributed by atoms with van der Waals surface area (Å²) < 4.78 is 10.1. The molecule has 0 aliphatic heterocycles. The van der Waals surface area contributed by atoms with Crippen molar-refractivity contribution in [3.05, 3.63) is 28.5 Å². The largest absolute Gasteiger partial charge is 0.349 e. The minimum atomic E-state index is -1.01. The van der Waals surface area contributed by atoms with Crippen LogP contribution < -0.4 is 0 Å². The summed E-state index contributed by atoms with van der Waals surface area (Å²) in [6.07, 6.45) is -1.30. The molecule has 1 heterocycles. The third-order valence-electron chi connectivity index (χ3n) is 2.03. The van der Waals surface area contributed by atoms with Crippen LogP contribution >= 0.6 is 15.9 Å². The second kappa shape index (κ2) is 6.58. The molecule has 0 aromatic carbocycles. The van der Waals surface area contributed by atoms with Gasteiger partial charge in [-0.05, 0) is 28.1 Å². The number of methoxy groups -OCH3 is 2. The number of rotatable bonds is 6. The Bertz CT molecular complexity index is 418. The van der Waals surface area contributed by atoms with E-state index in [1.807, 2.05) is 0 Å². The third kappa shape index (κ3) is 3.99. The molecule has 17 heavy (non-hydrogen) atoms. The van der Waals surface area contributed by atoms with Crippen molar-refractivity contribution in [3.8, 4) is 0 Å². The van der Waals surface area contributed by atoms with Gasteiger partial charge in [-0.3, -0.25) is 9.59 Å². The van der Waals surface area contributed by atoms with Crippen molar-refractivity contribution in [1.29, 1.82) is 0 Å². The van der Waals surface area contributed by atoms with Crippen LogP contribution in [-0.4, -0.2) is 37.1 Å². The van der Waals surface area contributed by atoms with Crippen molar-refractivity contribution in [1.82, 2.24) is 4.98 Å². The normalized spacial score (nSPS) is 10.6. The standard InChI is InChI=1S/C11H12BrNO4/c1-16-11(17-2)9(15)6-8(14)7-4-3-5-10(12)13-7/h3-5,11H,6H2,1-2H3. The van der Waals surface area contributed by atoms with Crippen LogP contribution in [0.5, 0.6) is 0 Å². The number of hydrogen-bond acceptors (Lipinski definition) is 5. The monoisotopic (exact) mass is 301 g/mol. The Labute approximate surface area is 107 Å². The lowest BCUT2D eigenvalue weighted by molar-refractivity contribution is -0.155. The zero-order valence-corrected chi connectivity index (χ0v) is 11.1. The average molecular weight is 302 g/mol. The van der Waals surface area contributed by atoms with Crippen molar-refractivity contribution >= 4 is 27.5 Å². The molecule has 0 saturated carbocycles. The van der Waals surface area contributed by atoms with Crippen LogP contribution in [0, 0.1) is 0 Å². The molecular formula is C11H12BrNO4. The lowest BCUT2D eigenvalue weighted by Crippen LogP contribution is -2.27. The van der Waals surface area contributed by atoms with Crippen LogP contribution in [0.15, 0.2) is 22.8 Å². The molecule has 0 fully saturated rings. The van der Waals surface area contributed by atoms with E-state index >= 15 is 0 Å². The first kappa shape index (κ1) is 14.0. The third-order valence-corrected chi connectivity index (χ3v) is 2.47. The van der Waals surface area contributed by atoms with E-state index in [0.717, 1.165) is 0 Å². The second-order valence-electron chi connectivity index (χ2n) is 3.22. The molecule has 0 N–H and O–H groups in total. The Balaban J connectivity index is 2.70. The summed E-state index contributed by atoms with van der Waals surface area (Å²) in [5.41, 5.74) is 0.235. The van der Waals surface area contributed by atoms with Crippen LogP contribution in [0.25, 0.3) is 0 Å². The number of halogens is 1. The van der Waals surface area contributed by atoms with E-state index in [4.69, 9.17) is 9.47 Å². The summed E-state index contributed by atoms with van der Waals surface area (Å²) in [5, 5.41) is 0. The minimum absolute atomic E-state index is 0.235. The number of pyridine rings is 1. The molecule has 0 bridgehead atoms. The summed E-state index contributed by atoms with van der Waals surface area (Å²) >= 11 is 3.16. The Morgan fingerprint density at radius 2 is 2.00 bits per heavy atom. The molecule has 0 amide bonds. The predicted octanol–water partition coefficient (Wildman–Crippen LogP) is 1.60. The number of ether oxygens (including phenoxy) is 2. The van der Waals surface area contributed by atoms with E-state index in [-0.39, 0.29) is 17.9 Å². The predicted molar refractivity (Wildman–Crippen MR) is 63.7 cm³/mol. The number of hydrogen-bond donors (Lipinski definition) is 0. The Morgan fingerprint density at radius 1 is 1.35 bits per heavy atom. The van der Waals surface area contributed by atoms with Crippen molar-refractivity contribution in [2.75, 3.05) is 14.2 Å². The smallest absolute Gasteiger partial charge is 0.217 e. The summed E-state index contributed by atoms with van der Waals surface area (Å²) in [6, 6.07) is 4.93. The summed E-state index contributed by atoms with van der Waals surface area (Å²) in [6.45, 7) is 0. The van der Waals surface area contributed by atoms with Gasteiger partial charge in [-0.25, -0.2) is 4.98 Å². The molecule has 0 saturated heterocycles. The molecule has 1 rings (SSSR count). The van der Waals surface area contributed by atoms with Crippen molar-refractivity contribution in [3.63, 3.8) is 0 Å². The van der Waals surface area contributed by atoms with Gasteiger partial charge < -0.3 is 9.47 Å². The van der Waals surface area contributed by atoms with Crippen LogP contribution in [0.3, 0.4) is 0 Å². The fourth-order valence-corrected chi connectivity index (χ4v) is 1.60. The molecule has 92 valence electrons. The first-order valence-electron chi connectivity index (χ1n) is 4.82. The van der Waals surface area contributed by atoms with Gasteiger partial charge in [0.25, 0.3) is 0 Å². The van der Waals surface area contributed by atoms with Gasteiger partial charge in [-0.15, -0.1) is 0 Å². The fourth-order valence-electron chi connectivity index (χ4n) is 1.25. The van der Waals surface area contributed by atoms with Crippen molar-refractivity contribution in [2.24, 2.45) is 0 Å². The van der Waals surface area contributed by atoms with Crippen molar-refractivity contribution in [2.45, 2.75) is 12.7 Å². The van der Waals surface area contributed by atoms with E-state index < -0.39 is 12.1 Å². The topological polar surface area (TPSA) is 65.5 Å². The van der Waals surface area contributed by atoms with Crippen LogP contribution in [0.2, 0.25) is 0 Å². The zero-order chi connectivity index (χ0) is 12.8. The van der Waals surface area contributed by atoms with Gasteiger partial charge >= 0.3 is 0 Å². The van der Waals surface area contributed by atoms with Crippen molar-refractivity contribution < 1.29 is 19.1 Å². The Morgan fingerprint density at radius 3 is 2.53 bits per heavy atom. The summed E-state index contributed by atoms with van der Waals surface area (Å²) in [7, 11) is 2.68. The van der Waals surface area contributed by atoms with Gasteiger partial charge in [0.05, 0.1) is 6.42 Å². The molecule has 6 heteroatoms. The number of carbonyl (C=O) groups excluding carboxylic acids is 2. The minimum Gasteiger partial charge on any atom is -0.349 e. The maximum absolute atomic E-state index is 11.7. The molecule has 1 aromatic heterocycles. The second-order valence-corrected chi connectivity index (χ2v) is 4.03. The van der Waals surface area contributed by atoms with Gasteiger partial charge in [0, 0.05) is 14.2 Å². The molecule has 0 spiro atoms. The van der Waals surface area contributed by atoms with E-state index in [1.165, 1.54) is 14.2 Å². The van der Waals surface area contributed by atoms with E-state index in [2.05, 4.69) is 20.9 Å². The van der Waals surface area contributed by atoms with Crippen LogP contribution in [-0.2, 0) is 14.3 Å². The molecule has 0 radical (unpaired) electrons. The first-order valence-corrected chi connectivity index (χ1v) is 5.62. The van der Waals surface area contributed by atoms with Gasteiger partial charge in [-0.2, -0.15) is 0 Å². The molecule has 0 unspecified atom stereocenters. The quantitative estimate of drug-likeness (QED) is 0.346. The number of aromatic nitrogens is 1. The van der Waals surface area contributed by atoms with E-state index in [0.29, 0.717) is 4.60 Å². The molecule has 0 aliphatic carbocycles. The van der Waals surface area contributed by atoms with Gasteiger partial charge in [0.1, 0.15) is 10.3 Å². The lowest BCUT2D eigenvalue weighted by atomic mass is 10.1. The lowest BCUT2D eigenvalue weighted by Gasteiger charge is -2.10. The summed E-state index contributed by atoms with van der Waals surface area (Å²) in [4.78, 5) is 27.3. The van der Waals surface area contributed by atoms with E-state index in [1.54, 1.807) is 18.2 Å². The molecule has 0 atom stereocenters. The maximum Gasteiger partial charge on any atom is 0.217 e. The molecule has 5 nitrogen and oxygen atoms in total. The maximum atomic E-state index is 11.7. The number of carbonyl (C=O) groups is 2. The first-order chi connectivity index (χ1) is 8.08. The van der Waals surface area contributed by atoms with Gasteiger partial charge in [0.2, 0.25) is 6.29 Å². The summed E-state index contributed by atoms with van der Waals surface area (Å²) in [5.74, 6) is -0.794. The van der Waals surface area contributed by atoms with Crippen LogP contribution in [0.4, 0.5) is 0 Å². The highest BCUT2D eigenvalue weighted by molar-refractivity contribution is 9.10. The molecular weight excluding hydrogens is 290 g/mol. The van der Waals surface area contributed by atoms with Gasteiger partial charge in [-0.1, -0.05) is 6.07 Å². The SMILES string of the molecule is COC(OC)C(=O)CC(=O)c1cccc(Br)n1. The van der Waals surface area contributed by atoms with E-state index in [9.17, 15) is 9.59 Å². The fraction of sp³-hybridized carbons (Fsp3) is 0.364. The van der Waals surface area contributed by atoms with Gasteiger partial charge in [0.15, 0.2) is 11.6 Å². The number of Topliss-reactive ketones (excluding diaryl/α,β-unsaturated/α-hetero) is 2. The zero-order valence-electron chi connectivity index (χ0n) is 9.47. The number of nitrogens with zero attached hydrogens (tertiary/aromatic N) is 1. The molecule has 1 aromatic rings. The van der Waals surface area contributed by atoms with Crippen LogP contribution in [0.1, 0.15) is 16.9 Å². The Kier molecular flexibility index (Phi) is 5.40. The highest BCUT2D eigenvalue weighted by Crippen LogP contribution is 2.09. The highest BCUT2D eigenvalue weighted by Gasteiger charge is 2.21.